The van der Waals surface area contributed by atoms with E-state index in [0.29, 0.717) is 25.8 Å². The van der Waals surface area contributed by atoms with Crippen LogP contribution < -0.4 is 10.6 Å². The van der Waals surface area contributed by atoms with Crippen molar-refractivity contribution in [1.29, 1.82) is 0 Å². The van der Waals surface area contributed by atoms with E-state index in [-0.39, 0.29) is 17.2 Å². The van der Waals surface area contributed by atoms with E-state index in [9.17, 15) is 9.59 Å². The first-order valence-corrected chi connectivity index (χ1v) is 11.4. The zero-order chi connectivity index (χ0) is 14.5. The second kappa shape index (κ2) is 13.3. The second-order valence-corrected chi connectivity index (χ2v) is 9.16. The molecule has 2 amide bonds. The molecule has 0 aliphatic carbocycles. The van der Waals surface area contributed by atoms with Crippen molar-refractivity contribution in [2.75, 3.05) is 24.8 Å². The fraction of sp³-hybridized carbons (Fsp3) is 0.818. The summed E-state index contributed by atoms with van der Waals surface area (Å²) in [5.74, 6) is 0.956. The van der Waals surface area contributed by atoms with Crippen molar-refractivity contribution in [3.8, 4) is 0 Å². The predicted octanol–water partition coefficient (Wildman–Crippen LogP) is 2.76. The second-order valence-electron chi connectivity index (χ2n) is 3.66. The van der Waals surface area contributed by atoms with Crippen LogP contribution >= 0.6 is 43.2 Å². The first kappa shape index (κ1) is 19.3. The maximum atomic E-state index is 11.5. The molecule has 0 heterocycles. The van der Waals surface area contributed by atoms with E-state index in [1.807, 2.05) is 19.4 Å². The van der Waals surface area contributed by atoms with Gasteiger partial charge in [-0.3, -0.25) is 9.59 Å². The van der Waals surface area contributed by atoms with E-state index in [1.165, 1.54) is 0 Å². The maximum Gasteiger partial charge on any atom is 0.220 e. The van der Waals surface area contributed by atoms with E-state index in [4.69, 9.17) is 0 Å². The van der Waals surface area contributed by atoms with Crippen LogP contribution in [-0.4, -0.2) is 42.0 Å². The van der Waals surface area contributed by atoms with Gasteiger partial charge in [0.2, 0.25) is 11.8 Å². The standard InChI is InChI=1S/C11H22N2O2S4/c1-9(19-17-3)13-11(15)6-4-5-10(14)12-7-8-18-16-2/h9H,4-8H2,1-3H3,(H,12,14)(H,13,15). The van der Waals surface area contributed by atoms with Crippen molar-refractivity contribution in [2.45, 2.75) is 31.6 Å². The third-order valence-corrected chi connectivity index (χ3v) is 5.89. The monoisotopic (exact) mass is 342 g/mol. The van der Waals surface area contributed by atoms with Gasteiger partial charge in [0.25, 0.3) is 0 Å². The van der Waals surface area contributed by atoms with Crippen LogP contribution in [0.4, 0.5) is 0 Å². The Morgan fingerprint density at radius 3 is 2.42 bits per heavy atom. The highest BCUT2D eigenvalue weighted by molar-refractivity contribution is 8.76. The summed E-state index contributed by atoms with van der Waals surface area (Å²) < 4.78 is 0. The number of hydrogen-bond donors (Lipinski definition) is 2. The molecule has 0 rings (SSSR count). The topological polar surface area (TPSA) is 58.2 Å². The van der Waals surface area contributed by atoms with Gasteiger partial charge in [0.15, 0.2) is 0 Å². The fourth-order valence-electron chi connectivity index (χ4n) is 1.28. The lowest BCUT2D eigenvalue weighted by molar-refractivity contribution is -0.122. The lowest BCUT2D eigenvalue weighted by Crippen LogP contribution is -2.30. The summed E-state index contributed by atoms with van der Waals surface area (Å²) in [6.45, 7) is 2.65. The number of nitrogens with one attached hydrogen (secondary N) is 2. The molecule has 0 spiro atoms. The summed E-state index contributed by atoms with van der Waals surface area (Å²) in [4.78, 5) is 23.0. The van der Waals surface area contributed by atoms with Crippen LogP contribution in [0.3, 0.4) is 0 Å². The molecule has 0 aliphatic heterocycles. The highest BCUT2D eigenvalue weighted by Crippen LogP contribution is 2.21. The summed E-state index contributed by atoms with van der Waals surface area (Å²) in [6, 6.07) is 0. The summed E-state index contributed by atoms with van der Waals surface area (Å²) in [6.07, 6.45) is 5.42. The molecule has 0 radical (unpaired) electrons. The van der Waals surface area contributed by atoms with E-state index >= 15 is 0 Å². The highest BCUT2D eigenvalue weighted by atomic mass is 33.1. The quantitative estimate of drug-likeness (QED) is 0.342. The van der Waals surface area contributed by atoms with Gasteiger partial charge in [-0.1, -0.05) is 43.2 Å². The Labute approximate surface area is 131 Å². The maximum absolute atomic E-state index is 11.5. The number of carbonyl (C=O) groups is 2. The Hall–Kier alpha value is 0.340. The molecule has 0 aromatic rings. The summed E-state index contributed by atoms with van der Waals surface area (Å²) in [7, 11) is 6.66. The third kappa shape index (κ3) is 13.1. The lowest BCUT2D eigenvalue weighted by Gasteiger charge is -2.11. The number of amides is 2. The Morgan fingerprint density at radius 2 is 1.79 bits per heavy atom. The van der Waals surface area contributed by atoms with Crippen LogP contribution in [0.15, 0.2) is 0 Å². The SMILES string of the molecule is CSSCCNC(=O)CCCC(=O)NC(C)SSC. The minimum atomic E-state index is 0.0137. The van der Waals surface area contributed by atoms with E-state index in [1.54, 1.807) is 43.2 Å². The average molecular weight is 343 g/mol. The van der Waals surface area contributed by atoms with Gasteiger partial charge in [-0.05, 0) is 25.9 Å². The van der Waals surface area contributed by atoms with Gasteiger partial charge in [-0.25, -0.2) is 0 Å². The average Bonchev–Trinajstić information content (AvgIpc) is 2.35. The minimum Gasteiger partial charge on any atom is -0.355 e. The molecular formula is C11H22N2O2S4. The molecule has 0 aliphatic rings. The van der Waals surface area contributed by atoms with Crippen molar-refractivity contribution >= 4 is 55.0 Å². The first-order valence-electron chi connectivity index (χ1n) is 6.01. The predicted molar refractivity (Wildman–Crippen MR) is 91.5 cm³/mol. The Balaban J connectivity index is 3.50. The molecule has 2 N–H and O–H groups in total. The summed E-state index contributed by atoms with van der Waals surface area (Å²) >= 11 is 0. The van der Waals surface area contributed by atoms with Crippen molar-refractivity contribution in [2.24, 2.45) is 0 Å². The van der Waals surface area contributed by atoms with Gasteiger partial charge in [0.05, 0.1) is 5.37 Å². The molecule has 0 aromatic carbocycles. The molecule has 1 unspecified atom stereocenters. The molecule has 112 valence electrons. The zero-order valence-electron chi connectivity index (χ0n) is 11.6. The van der Waals surface area contributed by atoms with Gasteiger partial charge in [0, 0.05) is 25.1 Å². The highest BCUT2D eigenvalue weighted by Gasteiger charge is 2.08. The van der Waals surface area contributed by atoms with Crippen molar-refractivity contribution < 1.29 is 9.59 Å². The Bertz CT molecular complexity index is 267. The Kier molecular flexibility index (Phi) is 13.6. The molecule has 1 atom stereocenters. The van der Waals surface area contributed by atoms with Crippen LogP contribution in [0.5, 0.6) is 0 Å². The zero-order valence-corrected chi connectivity index (χ0v) is 14.8. The van der Waals surface area contributed by atoms with Crippen LogP contribution in [0.25, 0.3) is 0 Å². The normalized spacial score (nSPS) is 11.9. The van der Waals surface area contributed by atoms with Crippen LogP contribution in [0, 0.1) is 0 Å². The molecule has 0 saturated carbocycles. The molecule has 0 fully saturated rings. The van der Waals surface area contributed by atoms with E-state index in [0.717, 1.165) is 5.75 Å². The molecular weight excluding hydrogens is 320 g/mol. The molecule has 4 nitrogen and oxygen atoms in total. The molecule has 0 aromatic heterocycles. The van der Waals surface area contributed by atoms with Crippen LogP contribution in [-0.2, 0) is 9.59 Å². The smallest absolute Gasteiger partial charge is 0.220 e. The van der Waals surface area contributed by atoms with Crippen molar-refractivity contribution in [3.05, 3.63) is 0 Å². The minimum absolute atomic E-state index is 0.0137. The first-order chi connectivity index (χ1) is 9.10. The van der Waals surface area contributed by atoms with Gasteiger partial charge < -0.3 is 10.6 Å². The van der Waals surface area contributed by atoms with Gasteiger partial charge >= 0.3 is 0 Å². The van der Waals surface area contributed by atoms with Crippen LogP contribution in [0.2, 0.25) is 0 Å². The van der Waals surface area contributed by atoms with Gasteiger partial charge in [-0.15, -0.1) is 0 Å². The number of rotatable bonds is 11. The van der Waals surface area contributed by atoms with Crippen molar-refractivity contribution in [3.63, 3.8) is 0 Å². The largest absolute Gasteiger partial charge is 0.355 e. The van der Waals surface area contributed by atoms with Crippen molar-refractivity contribution in [1.82, 2.24) is 10.6 Å². The van der Waals surface area contributed by atoms with Gasteiger partial charge in [0.1, 0.15) is 0 Å². The third-order valence-electron chi connectivity index (χ3n) is 2.04. The summed E-state index contributed by atoms with van der Waals surface area (Å²) in [5.41, 5.74) is 0. The Morgan fingerprint density at radius 1 is 1.11 bits per heavy atom. The molecule has 0 saturated heterocycles. The molecule has 8 heteroatoms. The van der Waals surface area contributed by atoms with E-state index in [2.05, 4.69) is 10.6 Å². The number of carbonyl (C=O) groups excluding carboxylic acids is 2. The summed E-state index contributed by atoms with van der Waals surface area (Å²) in [5, 5.41) is 5.83. The molecule has 0 bridgehead atoms. The van der Waals surface area contributed by atoms with Gasteiger partial charge in [-0.2, -0.15) is 0 Å². The molecule has 19 heavy (non-hydrogen) atoms. The lowest BCUT2D eigenvalue weighted by atomic mass is 10.2. The van der Waals surface area contributed by atoms with Crippen LogP contribution in [0.1, 0.15) is 26.2 Å². The van der Waals surface area contributed by atoms with E-state index < -0.39 is 0 Å². The fourth-order valence-corrected chi connectivity index (χ4v) is 3.86. The number of hydrogen-bond acceptors (Lipinski definition) is 6.